The monoisotopic (exact) mass is 867 g/mol. The van der Waals surface area contributed by atoms with Crippen molar-refractivity contribution < 1.29 is 74.4 Å². The predicted molar refractivity (Wildman–Crippen MR) is 215 cm³/mol. The van der Waals surface area contributed by atoms with E-state index >= 15 is 0 Å². The highest BCUT2D eigenvalue weighted by molar-refractivity contribution is 5.27. The van der Waals surface area contributed by atoms with Gasteiger partial charge < -0.3 is 74.4 Å². The maximum Gasteiger partial charge on any atom is 0.187 e. The van der Waals surface area contributed by atoms with Crippen LogP contribution in [0.25, 0.3) is 0 Å². The van der Waals surface area contributed by atoms with Crippen LogP contribution in [0.4, 0.5) is 0 Å². The summed E-state index contributed by atoms with van der Waals surface area (Å²) in [6.07, 6.45) is -10.8. The molecule has 61 heavy (non-hydrogen) atoms. The molecular formula is C45H73NO15. The first-order valence-electron chi connectivity index (χ1n) is 23.4. The van der Waals surface area contributed by atoms with Crippen molar-refractivity contribution in [1.82, 2.24) is 4.90 Å². The molecule has 0 aromatic heterocycles. The average molecular weight is 868 g/mol. The van der Waals surface area contributed by atoms with E-state index in [2.05, 4.69) is 38.7 Å². The minimum Gasteiger partial charge on any atom is -0.394 e. The van der Waals surface area contributed by atoms with Crippen LogP contribution < -0.4 is 0 Å². The number of aliphatic hydroxyl groups is 9. The van der Waals surface area contributed by atoms with Gasteiger partial charge in [0.1, 0.15) is 67.1 Å². The van der Waals surface area contributed by atoms with Crippen LogP contribution in [-0.4, -0.2) is 181 Å². The fraction of sp³-hybridized carbons (Fsp3) is 0.956. The van der Waals surface area contributed by atoms with Crippen molar-refractivity contribution >= 4 is 0 Å². The van der Waals surface area contributed by atoms with E-state index in [0.29, 0.717) is 42.1 Å². The summed E-state index contributed by atoms with van der Waals surface area (Å²) < 4.78 is 36.5. The van der Waals surface area contributed by atoms with Crippen molar-refractivity contribution in [2.24, 2.45) is 46.3 Å². The Labute approximate surface area is 359 Å². The summed E-state index contributed by atoms with van der Waals surface area (Å²) in [5.41, 5.74) is 1.75. The molecule has 0 radical (unpaired) electrons. The quantitative estimate of drug-likeness (QED) is 0.148. The van der Waals surface area contributed by atoms with Crippen LogP contribution in [0, 0.1) is 46.3 Å². The van der Waals surface area contributed by atoms with Gasteiger partial charge in [-0.1, -0.05) is 39.3 Å². The first-order valence-corrected chi connectivity index (χ1v) is 23.4. The second-order valence-corrected chi connectivity index (χ2v) is 21.2. The molecule has 8 fully saturated rings. The summed E-state index contributed by atoms with van der Waals surface area (Å²) in [6, 6.07) is 1.44. The van der Waals surface area contributed by atoms with Gasteiger partial charge in [0.15, 0.2) is 18.9 Å². The molecule has 9 aliphatic rings. The van der Waals surface area contributed by atoms with Crippen LogP contribution in [0.3, 0.4) is 0 Å². The maximum absolute atomic E-state index is 12.0. The Balaban J connectivity index is 0.929. The zero-order chi connectivity index (χ0) is 43.4. The Morgan fingerprint density at radius 3 is 2.07 bits per heavy atom. The minimum absolute atomic E-state index is 0.0174. The third kappa shape index (κ3) is 7.42. The van der Waals surface area contributed by atoms with Crippen LogP contribution in [-0.2, 0) is 28.4 Å². The second-order valence-electron chi connectivity index (χ2n) is 21.2. The summed E-state index contributed by atoms with van der Waals surface area (Å²) in [6.45, 7) is 11.4. The number of hydrogen-bond donors (Lipinski definition) is 9. The van der Waals surface area contributed by atoms with Crippen molar-refractivity contribution in [3.63, 3.8) is 0 Å². The minimum atomic E-state index is -1.81. The van der Waals surface area contributed by atoms with Crippen molar-refractivity contribution in [3.8, 4) is 0 Å². The van der Waals surface area contributed by atoms with Crippen LogP contribution >= 0.6 is 0 Å². The molecule has 5 aliphatic heterocycles. The number of allylic oxidation sites excluding steroid dienone is 1. The van der Waals surface area contributed by atoms with Crippen LogP contribution in [0.15, 0.2) is 11.6 Å². The van der Waals surface area contributed by atoms with E-state index in [1.54, 1.807) is 0 Å². The van der Waals surface area contributed by atoms with Gasteiger partial charge in [0.25, 0.3) is 0 Å². The van der Waals surface area contributed by atoms with Gasteiger partial charge >= 0.3 is 0 Å². The van der Waals surface area contributed by atoms with Gasteiger partial charge in [-0.05, 0) is 111 Å². The lowest BCUT2D eigenvalue weighted by Gasteiger charge is -2.58. The molecule has 0 amide bonds. The van der Waals surface area contributed by atoms with Crippen molar-refractivity contribution in [3.05, 3.63) is 11.6 Å². The summed E-state index contributed by atoms with van der Waals surface area (Å²) in [4.78, 5) is 2.94. The van der Waals surface area contributed by atoms with Crippen LogP contribution in [0.1, 0.15) is 92.4 Å². The molecule has 0 spiro atoms. The van der Waals surface area contributed by atoms with Gasteiger partial charge in [-0.15, -0.1) is 0 Å². The Hall–Kier alpha value is -0.900. The van der Waals surface area contributed by atoms with E-state index in [9.17, 15) is 46.0 Å². The Morgan fingerprint density at radius 1 is 0.672 bits per heavy atom. The molecule has 3 saturated carbocycles. The molecule has 0 aromatic rings. The first-order chi connectivity index (χ1) is 29.0. The molecule has 5 saturated heterocycles. The molecule has 4 aliphatic carbocycles. The summed E-state index contributed by atoms with van der Waals surface area (Å²) in [5, 5.41) is 95.8. The van der Waals surface area contributed by atoms with Gasteiger partial charge in [0.2, 0.25) is 0 Å². The maximum atomic E-state index is 12.0. The standard InChI is InChI=1S/C45H73NO15/c1-19-6-9-27-20(2)31-28(46(27)16-19)15-26-24-8-7-22-14-23(10-12-44(22,4)25(24)11-13-45(26,31)5)57-43-40(61-41-36(53)34(51)32(49)21(3)56-41)38(55)39(30(18-48)59-43)60-42-37(54)35(52)33(50)29(17-47)58-42/h7,19-21,23-43,47-55H,6,8-18H2,1-5H3/t19-,20+,21-,23-,24+,25-,26-,27+,28-,29+,30+,31-,32-,33+,34+,35-,36+,37+,38-,39+,40+,41-,42-,43+,44-,45-/m0/s1. The lowest BCUT2D eigenvalue weighted by Crippen LogP contribution is -2.67. The number of aliphatic hydroxyl groups excluding tert-OH is 9. The molecule has 16 heteroatoms. The topological polar surface area (TPSA) is 241 Å². The fourth-order valence-electron chi connectivity index (χ4n) is 14.8. The van der Waals surface area contributed by atoms with E-state index in [4.69, 9.17) is 28.4 Å². The van der Waals surface area contributed by atoms with Crippen LogP contribution in [0.2, 0.25) is 0 Å². The Bertz CT molecular complexity index is 1590. The smallest absolute Gasteiger partial charge is 0.187 e. The third-order valence-electron chi connectivity index (χ3n) is 18.0. The lowest BCUT2D eigenvalue weighted by molar-refractivity contribution is -0.389. The molecule has 0 bridgehead atoms. The highest BCUT2D eigenvalue weighted by Crippen LogP contribution is 2.70. The highest BCUT2D eigenvalue weighted by Gasteiger charge is 2.66. The molecule has 16 nitrogen and oxygen atoms in total. The summed E-state index contributed by atoms with van der Waals surface area (Å²) in [5.74, 6) is 4.19. The third-order valence-corrected chi connectivity index (χ3v) is 18.0. The summed E-state index contributed by atoms with van der Waals surface area (Å²) in [7, 11) is 0. The highest BCUT2D eigenvalue weighted by atomic mass is 16.8. The van der Waals surface area contributed by atoms with Crippen LogP contribution in [0.5, 0.6) is 0 Å². The summed E-state index contributed by atoms with van der Waals surface area (Å²) >= 11 is 0. The van der Waals surface area contributed by atoms with Gasteiger partial charge in [0, 0.05) is 18.6 Å². The molecule has 26 atom stereocenters. The Morgan fingerprint density at radius 2 is 1.34 bits per heavy atom. The second kappa shape index (κ2) is 17.1. The molecule has 348 valence electrons. The molecule has 0 aromatic carbocycles. The van der Waals surface area contributed by atoms with E-state index in [1.807, 2.05) is 0 Å². The van der Waals surface area contributed by atoms with Crippen molar-refractivity contribution in [2.45, 2.75) is 203 Å². The number of piperidine rings is 1. The SMILES string of the molecule is C[C@H]1CC[C@@H]2[C@@H](C)[C@H]3[C@H](C[C@H]4[C@@H]5CC=C6C[C@@H](O[C@@H]7O[C@H](CO)[C@@H](O[C@@H]8O[C@H](CO)[C@@H](O)[C@H](O)[C@H]8O)[C@H](O)[C@H]7O[C@@H]7O[C@@H](C)[C@H](O)[C@@H](O)[C@H]7O)CC[C@]6(C)[C@H]5CC[C@]34C)N2C1. The zero-order valence-electron chi connectivity index (χ0n) is 36.3. The zero-order valence-corrected chi connectivity index (χ0v) is 36.3. The fourth-order valence-corrected chi connectivity index (χ4v) is 14.8. The molecule has 9 N–H and O–H groups in total. The molecular weight excluding hydrogens is 794 g/mol. The van der Waals surface area contributed by atoms with Gasteiger partial charge in [-0.3, -0.25) is 4.90 Å². The molecule has 0 unspecified atom stereocenters. The van der Waals surface area contributed by atoms with Crippen molar-refractivity contribution in [1.29, 1.82) is 0 Å². The number of rotatable bonds is 8. The Kier molecular flexibility index (Phi) is 12.7. The average Bonchev–Trinajstić information content (AvgIpc) is 3.71. The van der Waals surface area contributed by atoms with E-state index in [-0.39, 0.29) is 11.5 Å². The van der Waals surface area contributed by atoms with Gasteiger partial charge in [-0.2, -0.15) is 0 Å². The number of ether oxygens (including phenoxy) is 6. The van der Waals surface area contributed by atoms with Gasteiger partial charge in [0.05, 0.1) is 25.4 Å². The lowest BCUT2D eigenvalue weighted by atomic mass is 9.47. The van der Waals surface area contributed by atoms with Gasteiger partial charge in [-0.25, -0.2) is 0 Å². The largest absolute Gasteiger partial charge is 0.394 e. The normalized spacial score (nSPS) is 57.3. The number of hydrogen-bond acceptors (Lipinski definition) is 16. The molecule has 5 heterocycles. The number of fused-ring (bicyclic) bond motifs is 9. The first kappa shape index (κ1) is 45.3. The van der Waals surface area contributed by atoms with Crippen molar-refractivity contribution in [2.75, 3.05) is 19.8 Å². The van der Waals surface area contributed by atoms with E-state index < -0.39 is 105 Å². The van der Waals surface area contributed by atoms with E-state index in [1.165, 1.54) is 51.1 Å². The predicted octanol–water partition coefficient (Wildman–Crippen LogP) is 0.155. The number of nitrogens with zero attached hydrogens (tertiary/aromatic N) is 1. The van der Waals surface area contributed by atoms with E-state index in [0.717, 1.165) is 36.6 Å². The molecule has 9 rings (SSSR count).